The maximum atomic E-state index is 10.3. The van der Waals surface area contributed by atoms with Gasteiger partial charge in [0, 0.05) is 337 Å². The van der Waals surface area contributed by atoms with E-state index >= 15 is 0 Å². The Morgan fingerprint density at radius 2 is 0.793 bits per heavy atom. The van der Waals surface area contributed by atoms with Crippen molar-refractivity contribution in [2.45, 2.75) is 13.8 Å². The molecule has 0 rings (SSSR count). The number of carbonyl (C=O) groups excluding carboxylic acids is 1. The Morgan fingerprint density at radius 3 is 0.828 bits per heavy atom. The summed E-state index contributed by atoms with van der Waals surface area (Å²) in [5, 5.41) is 9.31. The second-order valence-corrected chi connectivity index (χ2v) is 6.15. The van der Waals surface area contributed by atoms with E-state index in [1.54, 1.807) is 52.7 Å². The van der Waals surface area contributed by atoms with Gasteiger partial charge in [-0.25, -0.2) is 0 Å². The molecule has 3 nitrogen and oxygen atoms in total. The van der Waals surface area contributed by atoms with Gasteiger partial charge in [0.2, 0.25) is 0 Å². The molecule has 0 aliphatic heterocycles. The van der Waals surface area contributed by atoms with Gasteiger partial charge < -0.3 is 0 Å². The fourth-order valence-corrected chi connectivity index (χ4v) is 1.19. The standard InChI is InChI=1S/C6H6N2O.20W/c1-3-6(7)8(4-2)5-9;;;;;;;;;;;;;;;;;;;;/h1-2H3;;;;;;;;;;;;;;;;;;;;/q-2;;;;;;;;;;;;;;;;;;;;. The summed E-state index contributed by atoms with van der Waals surface area (Å²) in [6.45, 7) is 3.54. The zero-order valence-corrected chi connectivity index (χ0v) is 72.1. The molecule has 0 aliphatic carbocycles. The molecule has 168 valence electrons. The van der Waals surface area contributed by atoms with Crippen LogP contribution < -0.4 is 0 Å². The number of rotatable bonds is 3. The summed E-state index contributed by atoms with van der Waals surface area (Å²) >= 11 is 5.63. The fourth-order valence-electron chi connectivity index (χ4n) is 0.414. The van der Waals surface area contributed by atoms with Crippen LogP contribution in [0.5, 0.6) is 0 Å². The third-order valence-electron chi connectivity index (χ3n) is 0.933. The van der Waals surface area contributed by atoms with Gasteiger partial charge in [-0.1, -0.05) is 0 Å². The molecule has 0 radical (unpaired) electrons. The molecule has 0 fully saturated rings. The van der Waals surface area contributed by atoms with E-state index in [1.807, 2.05) is 0 Å². The van der Waals surface area contributed by atoms with E-state index in [1.165, 1.54) is 0 Å². The molecular weight excluding hydrogens is 3790 g/mol. The maximum absolute atomic E-state index is 10.3. The van der Waals surface area contributed by atoms with Gasteiger partial charge in [0.05, 0.1) is 0 Å². The molecule has 23 heteroatoms. The van der Waals surface area contributed by atoms with Crippen molar-refractivity contribution in [3.05, 3.63) is 5.41 Å². The molecule has 0 unspecified atom stereocenters. The zero-order valence-electron chi connectivity index (χ0n) is 13.5. The molecule has 0 spiro atoms. The Balaban J connectivity index is -0.00000000407. The molecule has 0 bridgehead atoms. The normalized spacial score (nSPS) is 3.38. The molecule has 0 heterocycles. The van der Waals surface area contributed by atoms with Crippen molar-refractivity contribution in [2.24, 2.45) is 0 Å². The minimum absolute atomic E-state index is 0. The van der Waals surface area contributed by atoms with Crippen LogP contribution in [-0.4, -0.2) is 25.1 Å². The molecule has 0 N–H and O–H groups in total. The summed E-state index contributed by atoms with van der Waals surface area (Å²) in [6, 6.07) is 0. The topological polar surface area (TPSA) is 42.6 Å². The van der Waals surface area contributed by atoms with Crippen LogP contribution in [0.4, 0.5) is 0 Å². The van der Waals surface area contributed by atoms with Gasteiger partial charge in [-0.2, -0.15) is 0 Å². The zero-order chi connectivity index (χ0) is 11.0. The molecule has 0 atom stereocenters. The van der Waals surface area contributed by atoms with Crippen molar-refractivity contribution in [3.63, 3.8) is 0 Å². The Bertz CT molecular complexity index is 255. The predicted molar refractivity (Wildman–Crippen MR) is 37.3 cm³/mol. The first kappa shape index (κ1) is 123. The van der Waals surface area contributed by atoms with Crippen molar-refractivity contribution in [1.82, 2.24) is 4.90 Å². The first-order chi connectivity index (χ1) is 6.00. The summed E-state index contributed by atoms with van der Waals surface area (Å²) in [5.41, 5.74) is 0. The van der Waals surface area contributed by atoms with Crippen LogP contribution in [0.2, 0.25) is 0 Å². The second-order valence-electron chi connectivity index (χ2n) is 1.83. The summed E-state index contributed by atoms with van der Waals surface area (Å²) in [4.78, 5) is 11.4. The molecular formula is C6H6N2OW20-2. The number of amidine groups is 1. The molecule has 0 saturated carbocycles. The van der Waals surface area contributed by atoms with E-state index in [-0.39, 0.29) is 343 Å². The van der Waals surface area contributed by atoms with Gasteiger partial charge in [0.15, 0.2) is 0 Å². The third-order valence-corrected chi connectivity index (χ3v) is 2.24. The van der Waals surface area contributed by atoms with Gasteiger partial charge in [0.25, 0.3) is 0 Å². The summed E-state index contributed by atoms with van der Waals surface area (Å²) in [6.07, 6.45) is 1.66. The average Bonchev–Trinajstić information content (AvgIpc) is 2.08. The average molecular weight is 3800 g/mol. The third kappa shape index (κ3) is 85.5. The Kier molecular flexibility index (Phi) is 412. The summed E-state index contributed by atoms with van der Waals surface area (Å²) in [5.74, 6) is 0.0162. The van der Waals surface area contributed by atoms with Crippen LogP contribution in [-0.2, 0) is 413 Å². The van der Waals surface area contributed by atoms with Crippen LogP contribution >= 0.6 is 0 Å². The Morgan fingerprint density at radius 1 is 0.621 bits per heavy atom. The van der Waals surface area contributed by atoms with Crippen molar-refractivity contribution >= 4 is 20.2 Å². The van der Waals surface area contributed by atoms with Gasteiger partial charge in [-0.05, 0) is 0 Å². The van der Waals surface area contributed by atoms with Gasteiger partial charge in [0.1, 0.15) is 0 Å². The van der Waals surface area contributed by atoms with E-state index in [0.717, 1.165) is 51.5 Å². The van der Waals surface area contributed by atoms with Crippen LogP contribution in [0, 0.1) is 0 Å². The van der Waals surface area contributed by atoms with E-state index in [9.17, 15) is 10.2 Å². The van der Waals surface area contributed by atoms with Crippen LogP contribution in [0.25, 0.3) is 5.41 Å². The van der Waals surface area contributed by atoms with E-state index < -0.39 is 0 Å². The molecule has 0 saturated heterocycles. The molecule has 29 heavy (non-hydrogen) atoms. The van der Waals surface area contributed by atoms with Crippen molar-refractivity contribution in [1.29, 1.82) is 0 Å². The van der Waals surface area contributed by atoms with Crippen molar-refractivity contribution in [3.8, 4) is 0 Å². The monoisotopic (exact) mass is 3800 g/mol. The number of amides is 1. The second kappa shape index (κ2) is 97.1. The Hall–Kier alpha value is 12.6. The molecule has 0 aromatic rings. The van der Waals surface area contributed by atoms with Gasteiger partial charge in [-0.3, -0.25) is 0 Å². The number of hydrogen-bond donors (Lipinski definition) is 0. The first-order valence-electron chi connectivity index (χ1n) is 2.92. The minimum atomic E-state index is 0. The number of hydrogen-bond acceptors (Lipinski definition) is 1. The quantitative estimate of drug-likeness (QED) is 0.166. The van der Waals surface area contributed by atoms with Gasteiger partial charge in [-0.15, -0.1) is 0 Å². The molecule has 0 aromatic heterocycles. The molecule has 1 amide bonds. The van der Waals surface area contributed by atoms with E-state index in [2.05, 4.69) is 0 Å². The van der Waals surface area contributed by atoms with Gasteiger partial charge >= 0.3 is 120 Å². The van der Waals surface area contributed by atoms with Crippen molar-refractivity contribution in [2.75, 3.05) is 0 Å². The number of nitrogens with zero attached hydrogens (tertiary/aromatic N) is 2. The van der Waals surface area contributed by atoms with Crippen molar-refractivity contribution < 1.29 is 413 Å². The van der Waals surface area contributed by atoms with Crippen LogP contribution in [0.1, 0.15) is 13.8 Å². The Labute approximate surface area is 445 Å². The fraction of sp³-hybridized carbons (Fsp3) is 0.333. The molecule has 0 aromatic carbocycles. The van der Waals surface area contributed by atoms with E-state index in [4.69, 9.17) is 0 Å². The summed E-state index contributed by atoms with van der Waals surface area (Å²) < 4.78 is 1.58. The van der Waals surface area contributed by atoms with Crippen LogP contribution in [0.15, 0.2) is 0 Å². The predicted octanol–water partition coefficient (Wildman–Crippen LogP) is -0.286. The van der Waals surface area contributed by atoms with Crippen LogP contribution in [0.3, 0.4) is 0 Å². The summed E-state index contributed by atoms with van der Waals surface area (Å²) in [7, 11) is 0. The SMILES string of the molecule is C[C](=[W])C(=[N-])N([C-]=O)[C](C)=[W].[W].[W].[W].[W].[W].[W].[W].[W].[W].[W].[W].[W].[W].[W].[W].[W].[W]=[W]. The molecule has 0 aliphatic rings. The first-order valence-corrected chi connectivity index (χ1v) is 16.9. The van der Waals surface area contributed by atoms with E-state index in [0.29, 0.717) is 0 Å².